The van der Waals surface area contributed by atoms with Crippen molar-refractivity contribution in [2.75, 3.05) is 0 Å². The van der Waals surface area contributed by atoms with Crippen molar-refractivity contribution in [2.24, 2.45) is 0 Å². The van der Waals surface area contributed by atoms with Crippen LogP contribution in [-0.4, -0.2) is 0 Å². The Morgan fingerprint density at radius 1 is 0.500 bits per heavy atom. The molecule has 0 aromatic heterocycles. The predicted octanol–water partition coefficient (Wildman–Crippen LogP) is 2.22. The maximum absolute atomic E-state index is 4.19. The van der Waals surface area contributed by atoms with Crippen LogP contribution in [0.1, 0.15) is 16.7 Å². The standard InChI is InChI=1S/C21H21BrP.BrH/c1-16-4-10-19(11-5-16)23(22,20-12-6-17(2)7-13-20)21-14-8-18(3)9-15-21;/h4-15H,1-3H3;1H/q+1;/p-1. The summed E-state index contributed by atoms with van der Waals surface area (Å²) in [6, 6.07) is 26.8. The quantitative estimate of drug-likeness (QED) is 0.522. The van der Waals surface area contributed by atoms with Gasteiger partial charge in [0.15, 0.2) is 21.5 Å². The zero-order valence-corrected chi connectivity index (χ0v) is 18.2. The van der Waals surface area contributed by atoms with Crippen LogP contribution in [-0.2, 0) is 0 Å². The van der Waals surface area contributed by atoms with Crippen LogP contribution in [0.15, 0.2) is 72.8 Å². The van der Waals surface area contributed by atoms with E-state index in [1.54, 1.807) is 0 Å². The predicted molar refractivity (Wildman–Crippen MR) is 108 cm³/mol. The molecule has 0 aliphatic carbocycles. The average Bonchev–Trinajstić information content (AvgIpc) is 2.56. The van der Waals surface area contributed by atoms with Gasteiger partial charge in [0.25, 0.3) is 0 Å². The highest BCUT2D eigenvalue weighted by Gasteiger charge is 2.43. The molecule has 0 radical (unpaired) electrons. The van der Waals surface area contributed by atoms with Crippen LogP contribution < -0.4 is 32.9 Å². The number of halogens is 2. The molecule has 0 nitrogen and oxygen atoms in total. The molecule has 0 atom stereocenters. The third kappa shape index (κ3) is 3.82. The molecule has 0 heterocycles. The van der Waals surface area contributed by atoms with Crippen molar-refractivity contribution in [3.8, 4) is 0 Å². The third-order valence-electron chi connectivity index (χ3n) is 4.17. The van der Waals surface area contributed by atoms with Crippen LogP contribution in [0.4, 0.5) is 0 Å². The summed E-state index contributed by atoms with van der Waals surface area (Å²) in [6.07, 6.45) is 0. The highest BCUT2D eigenvalue weighted by atomic mass is 79.9. The second-order valence-electron chi connectivity index (χ2n) is 6.10. The molecule has 3 heteroatoms. The summed E-state index contributed by atoms with van der Waals surface area (Å²) in [6.45, 7) is 6.40. The van der Waals surface area contributed by atoms with Gasteiger partial charge >= 0.3 is 0 Å². The third-order valence-corrected chi connectivity index (χ3v) is 10.9. The van der Waals surface area contributed by atoms with Crippen molar-refractivity contribution in [1.82, 2.24) is 0 Å². The van der Waals surface area contributed by atoms with Crippen molar-refractivity contribution < 1.29 is 17.0 Å². The molecule has 0 fully saturated rings. The first kappa shape index (κ1) is 19.4. The average molecular weight is 464 g/mol. The van der Waals surface area contributed by atoms with Crippen LogP contribution in [0.25, 0.3) is 0 Å². The number of hydrogen-bond acceptors (Lipinski definition) is 0. The van der Waals surface area contributed by atoms with E-state index in [-0.39, 0.29) is 17.0 Å². The summed E-state index contributed by atoms with van der Waals surface area (Å²) in [5.74, 6) is -1.77. The van der Waals surface area contributed by atoms with E-state index in [1.165, 1.54) is 32.6 Å². The molecule has 3 aromatic rings. The topological polar surface area (TPSA) is 0 Å². The molecular weight excluding hydrogens is 443 g/mol. The summed E-state index contributed by atoms with van der Waals surface area (Å²) >= 11 is 4.19. The monoisotopic (exact) mass is 462 g/mol. The fourth-order valence-corrected chi connectivity index (χ4v) is 7.40. The molecule has 124 valence electrons. The molecule has 0 N–H and O–H groups in total. The van der Waals surface area contributed by atoms with Gasteiger partial charge in [-0.1, -0.05) is 53.1 Å². The summed E-state index contributed by atoms with van der Waals surface area (Å²) in [5, 5.41) is 4.07. The lowest BCUT2D eigenvalue weighted by atomic mass is 10.2. The fourth-order valence-electron chi connectivity index (χ4n) is 2.70. The van der Waals surface area contributed by atoms with E-state index < -0.39 is 5.96 Å². The molecule has 0 saturated carbocycles. The van der Waals surface area contributed by atoms with Gasteiger partial charge in [-0.3, -0.25) is 0 Å². The molecule has 0 aliphatic rings. The Labute approximate surface area is 164 Å². The van der Waals surface area contributed by atoms with Crippen LogP contribution in [0.2, 0.25) is 0 Å². The maximum Gasteiger partial charge on any atom is 0.181 e. The van der Waals surface area contributed by atoms with E-state index in [4.69, 9.17) is 0 Å². The number of hydrogen-bond donors (Lipinski definition) is 0. The van der Waals surface area contributed by atoms with Crippen LogP contribution in [0.3, 0.4) is 0 Å². The zero-order valence-electron chi connectivity index (χ0n) is 14.1. The van der Waals surface area contributed by atoms with Gasteiger partial charge in [0, 0.05) is 0 Å². The van der Waals surface area contributed by atoms with Crippen molar-refractivity contribution in [2.45, 2.75) is 20.8 Å². The van der Waals surface area contributed by atoms with E-state index in [1.807, 2.05) is 0 Å². The summed E-state index contributed by atoms with van der Waals surface area (Å²) in [4.78, 5) is 0. The van der Waals surface area contributed by atoms with Crippen molar-refractivity contribution >= 4 is 37.4 Å². The minimum absolute atomic E-state index is 0. The van der Waals surface area contributed by atoms with Gasteiger partial charge in [-0.05, 0) is 57.2 Å². The van der Waals surface area contributed by atoms with Crippen molar-refractivity contribution in [3.63, 3.8) is 0 Å². The Morgan fingerprint density at radius 3 is 0.917 bits per heavy atom. The Kier molecular flexibility index (Phi) is 6.42. The first-order chi connectivity index (χ1) is 11.0. The lowest BCUT2D eigenvalue weighted by Crippen LogP contribution is -3.00. The Hall–Kier alpha value is -0.950. The smallest absolute Gasteiger partial charge is 0.181 e. The van der Waals surface area contributed by atoms with Crippen LogP contribution >= 0.6 is 21.5 Å². The molecule has 3 aromatic carbocycles. The minimum Gasteiger partial charge on any atom is -1.00 e. The Bertz CT molecular complexity index is 680. The molecular formula is C21H21Br2P. The van der Waals surface area contributed by atoms with Crippen LogP contribution in [0, 0.1) is 20.8 Å². The highest BCUT2D eigenvalue weighted by molar-refractivity contribution is 9.44. The van der Waals surface area contributed by atoms with E-state index in [0.29, 0.717) is 0 Å². The highest BCUT2D eigenvalue weighted by Crippen LogP contribution is 2.62. The summed E-state index contributed by atoms with van der Waals surface area (Å²) in [7, 11) is 0. The molecule has 0 bridgehead atoms. The molecule has 0 spiro atoms. The number of aryl methyl sites for hydroxylation is 3. The largest absolute Gasteiger partial charge is 1.00 e. The van der Waals surface area contributed by atoms with E-state index in [9.17, 15) is 0 Å². The van der Waals surface area contributed by atoms with E-state index in [0.717, 1.165) is 0 Å². The van der Waals surface area contributed by atoms with Gasteiger partial charge < -0.3 is 17.0 Å². The normalized spacial score (nSPS) is 11.0. The van der Waals surface area contributed by atoms with Gasteiger partial charge in [-0.25, -0.2) is 0 Å². The SMILES string of the molecule is Cc1ccc([P+](Br)(c2ccc(C)cc2)c2ccc(C)cc2)cc1.[Br-]. The number of benzene rings is 3. The van der Waals surface area contributed by atoms with Gasteiger partial charge in [0.2, 0.25) is 0 Å². The van der Waals surface area contributed by atoms with Crippen molar-refractivity contribution in [3.05, 3.63) is 89.5 Å². The lowest BCUT2D eigenvalue weighted by Gasteiger charge is -2.20. The van der Waals surface area contributed by atoms with Crippen LogP contribution in [0.5, 0.6) is 0 Å². The lowest BCUT2D eigenvalue weighted by molar-refractivity contribution is -0.00000456. The zero-order chi connectivity index (χ0) is 16.4. The van der Waals surface area contributed by atoms with Gasteiger partial charge in [-0.15, -0.1) is 0 Å². The van der Waals surface area contributed by atoms with E-state index >= 15 is 0 Å². The molecule has 3 rings (SSSR count). The number of rotatable bonds is 3. The van der Waals surface area contributed by atoms with E-state index in [2.05, 4.69) is 109 Å². The maximum atomic E-state index is 4.19. The molecule has 24 heavy (non-hydrogen) atoms. The Balaban J connectivity index is 0.00000208. The first-order valence-corrected chi connectivity index (χ1v) is 11.6. The minimum atomic E-state index is -1.77. The van der Waals surface area contributed by atoms with Gasteiger partial charge in [0.05, 0.1) is 0 Å². The first-order valence-electron chi connectivity index (χ1n) is 7.80. The molecule has 0 amide bonds. The Morgan fingerprint density at radius 2 is 0.708 bits per heavy atom. The van der Waals surface area contributed by atoms with Crippen molar-refractivity contribution in [1.29, 1.82) is 0 Å². The fraction of sp³-hybridized carbons (Fsp3) is 0.143. The summed E-state index contributed by atoms with van der Waals surface area (Å²) < 4.78 is 0. The molecule has 0 saturated heterocycles. The van der Waals surface area contributed by atoms with Gasteiger partial charge in [0.1, 0.15) is 15.9 Å². The second-order valence-corrected chi connectivity index (χ2v) is 12.0. The van der Waals surface area contributed by atoms with Gasteiger partial charge in [-0.2, -0.15) is 0 Å². The summed E-state index contributed by atoms with van der Waals surface area (Å²) in [5.41, 5.74) is 3.88. The molecule has 0 aliphatic heterocycles. The molecule has 0 unspecified atom stereocenters. The second kappa shape index (κ2) is 7.95.